The standard InChI is InChI=1S/C16H35N3/c1-14(2)11-19-9-7-16(12-17,8-10-19)18(6)13-15(3,4)5/h14H,7-13,17H2,1-6H3. The fraction of sp³-hybridized carbons (Fsp3) is 1.00. The Morgan fingerprint density at radius 3 is 2.11 bits per heavy atom. The Hall–Kier alpha value is -0.120. The number of nitrogens with two attached hydrogens (primary N) is 1. The van der Waals surface area contributed by atoms with Crippen molar-refractivity contribution < 1.29 is 0 Å². The first-order valence-electron chi connectivity index (χ1n) is 7.82. The fourth-order valence-electron chi connectivity index (χ4n) is 3.29. The molecule has 2 N–H and O–H groups in total. The molecule has 0 amide bonds. The quantitative estimate of drug-likeness (QED) is 0.832. The van der Waals surface area contributed by atoms with E-state index in [-0.39, 0.29) is 5.54 Å². The van der Waals surface area contributed by atoms with Crippen molar-refractivity contribution in [2.75, 3.05) is 39.8 Å². The van der Waals surface area contributed by atoms with Gasteiger partial charge in [-0.1, -0.05) is 34.6 Å². The van der Waals surface area contributed by atoms with Crippen LogP contribution in [0.1, 0.15) is 47.5 Å². The minimum atomic E-state index is 0.223. The normalized spacial score (nSPS) is 21.3. The van der Waals surface area contributed by atoms with Crippen molar-refractivity contribution >= 4 is 0 Å². The van der Waals surface area contributed by atoms with Crippen LogP contribution in [0.5, 0.6) is 0 Å². The first-order valence-corrected chi connectivity index (χ1v) is 7.82. The van der Waals surface area contributed by atoms with Crippen molar-refractivity contribution in [1.82, 2.24) is 9.80 Å². The predicted molar refractivity (Wildman–Crippen MR) is 84.4 cm³/mol. The average Bonchev–Trinajstić information content (AvgIpc) is 2.27. The molecule has 1 fully saturated rings. The number of piperidine rings is 1. The second-order valence-corrected chi connectivity index (χ2v) is 8.04. The smallest absolute Gasteiger partial charge is 0.0353 e. The number of rotatable bonds is 5. The zero-order valence-corrected chi connectivity index (χ0v) is 14.0. The highest BCUT2D eigenvalue weighted by molar-refractivity contribution is 4.96. The number of hydrogen-bond donors (Lipinski definition) is 1. The van der Waals surface area contributed by atoms with Gasteiger partial charge in [0.15, 0.2) is 0 Å². The Morgan fingerprint density at radius 2 is 1.74 bits per heavy atom. The number of likely N-dealkylation sites (tertiary alicyclic amines) is 1. The molecule has 0 aromatic carbocycles. The molecule has 19 heavy (non-hydrogen) atoms. The summed E-state index contributed by atoms with van der Waals surface area (Å²) in [5.41, 5.74) is 6.71. The summed E-state index contributed by atoms with van der Waals surface area (Å²) in [4.78, 5) is 5.13. The second kappa shape index (κ2) is 6.55. The molecule has 1 aliphatic rings. The van der Waals surface area contributed by atoms with Gasteiger partial charge in [0.25, 0.3) is 0 Å². The lowest BCUT2D eigenvalue weighted by atomic mass is 9.83. The summed E-state index contributed by atoms with van der Waals surface area (Å²) in [5.74, 6) is 0.762. The van der Waals surface area contributed by atoms with Gasteiger partial charge in [-0.2, -0.15) is 0 Å². The number of likely N-dealkylation sites (N-methyl/N-ethyl adjacent to an activating group) is 1. The molecule has 3 nitrogen and oxygen atoms in total. The van der Waals surface area contributed by atoms with Crippen LogP contribution in [-0.2, 0) is 0 Å². The molecule has 1 saturated heterocycles. The van der Waals surface area contributed by atoms with Crippen LogP contribution in [0.2, 0.25) is 0 Å². The number of hydrogen-bond acceptors (Lipinski definition) is 3. The highest BCUT2D eigenvalue weighted by atomic mass is 15.2. The maximum absolute atomic E-state index is 6.14. The molecule has 0 saturated carbocycles. The maximum atomic E-state index is 6.14. The van der Waals surface area contributed by atoms with Crippen LogP contribution in [-0.4, -0.2) is 55.1 Å². The molecule has 0 aromatic heterocycles. The van der Waals surface area contributed by atoms with Crippen LogP contribution in [0.3, 0.4) is 0 Å². The van der Waals surface area contributed by atoms with E-state index in [4.69, 9.17) is 5.73 Å². The van der Waals surface area contributed by atoms with Crippen molar-refractivity contribution in [2.24, 2.45) is 17.1 Å². The highest BCUT2D eigenvalue weighted by Crippen LogP contribution is 2.30. The molecule has 114 valence electrons. The fourth-order valence-corrected chi connectivity index (χ4v) is 3.29. The van der Waals surface area contributed by atoms with Gasteiger partial charge in [-0.25, -0.2) is 0 Å². The molecule has 1 rings (SSSR count). The molecule has 0 spiro atoms. The van der Waals surface area contributed by atoms with Crippen molar-refractivity contribution in [3.8, 4) is 0 Å². The van der Waals surface area contributed by atoms with Crippen molar-refractivity contribution in [1.29, 1.82) is 0 Å². The van der Waals surface area contributed by atoms with Gasteiger partial charge in [0.2, 0.25) is 0 Å². The third-order valence-corrected chi connectivity index (χ3v) is 4.31. The lowest BCUT2D eigenvalue weighted by molar-refractivity contribution is 0.0225. The van der Waals surface area contributed by atoms with Crippen LogP contribution in [0.4, 0.5) is 0 Å². The summed E-state index contributed by atoms with van der Waals surface area (Å²) in [5, 5.41) is 0. The van der Waals surface area contributed by atoms with Gasteiger partial charge < -0.3 is 10.6 Å². The minimum Gasteiger partial charge on any atom is -0.329 e. The van der Waals surface area contributed by atoms with Gasteiger partial charge in [-0.05, 0) is 44.3 Å². The van der Waals surface area contributed by atoms with Gasteiger partial charge in [0.1, 0.15) is 0 Å². The highest BCUT2D eigenvalue weighted by Gasteiger charge is 2.38. The largest absolute Gasteiger partial charge is 0.329 e. The Bertz CT molecular complexity index is 260. The van der Waals surface area contributed by atoms with Crippen LogP contribution in [0.25, 0.3) is 0 Å². The van der Waals surface area contributed by atoms with E-state index in [1.165, 1.54) is 32.5 Å². The average molecular weight is 269 g/mol. The lowest BCUT2D eigenvalue weighted by Gasteiger charge is -2.49. The molecule has 3 heteroatoms. The third-order valence-electron chi connectivity index (χ3n) is 4.31. The molecule has 0 radical (unpaired) electrons. The molecular formula is C16H35N3. The lowest BCUT2D eigenvalue weighted by Crippen LogP contribution is -2.59. The Balaban J connectivity index is 2.59. The van der Waals surface area contributed by atoms with Gasteiger partial charge >= 0.3 is 0 Å². The van der Waals surface area contributed by atoms with Crippen molar-refractivity contribution in [3.63, 3.8) is 0 Å². The molecule has 0 atom stereocenters. The molecule has 0 aromatic rings. The second-order valence-electron chi connectivity index (χ2n) is 8.04. The van der Waals surface area contributed by atoms with E-state index in [0.29, 0.717) is 5.41 Å². The van der Waals surface area contributed by atoms with Crippen molar-refractivity contribution in [2.45, 2.75) is 53.0 Å². The molecule has 1 aliphatic heterocycles. The van der Waals surface area contributed by atoms with E-state index < -0.39 is 0 Å². The van der Waals surface area contributed by atoms with Gasteiger partial charge in [0.05, 0.1) is 0 Å². The summed E-state index contributed by atoms with van der Waals surface area (Å²) >= 11 is 0. The van der Waals surface area contributed by atoms with Crippen LogP contribution < -0.4 is 5.73 Å². The number of nitrogens with zero attached hydrogens (tertiary/aromatic N) is 2. The van der Waals surface area contributed by atoms with Gasteiger partial charge in [-0.3, -0.25) is 4.90 Å². The Kier molecular flexibility index (Phi) is 5.84. The third kappa shape index (κ3) is 5.05. The topological polar surface area (TPSA) is 32.5 Å². The minimum absolute atomic E-state index is 0.223. The van der Waals surface area contributed by atoms with E-state index in [1.807, 2.05) is 0 Å². The molecule has 0 unspecified atom stereocenters. The Morgan fingerprint density at radius 1 is 1.21 bits per heavy atom. The monoisotopic (exact) mass is 269 g/mol. The maximum Gasteiger partial charge on any atom is 0.0353 e. The van der Waals surface area contributed by atoms with Crippen LogP contribution in [0, 0.1) is 11.3 Å². The van der Waals surface area contributed by atoms with Crippen LogP contribution >= 0.6 is 0 Å². The van der Waals surface area contributed by atoms with E-state index >= 15 is 0 Å². The molecule has 0 bridgehead atoms. The molecule has 0 aliphatic carbocycles. The molecule has 1 heterocycles. The van der Waals surface area contributed by atoms with E-state index in [1.54, 1.807) is 0 Å². The first kappa shape index (κ1) is 16.9. The van der Waals surface area contributed by atoms with Gasteiger partial charge in [-0.15, -0.1) is 0 Å². The van der Waals surface area contributed by atoms with E-state index in [0.717, 1.165) is 19.0 Å². The first-order chi connectivity index (χ1) is 8.68. The predicted octanol–water partition coefficient (Wildman–Crippen LogP) is 2.41. The summed E-state index contributed by atoms with van der Waals surface area (Å²) in [6.45, 7) is 17.1. The van der Waals surface area contributed by atoms with E-state index in [9.17, 15) is 0 Å². The van der Waals surface area contributed by atoms with Crippen LogP contribution in [0.15, 0.2) is 0 Å². The Labute approximate surface area is 120 Å². The summed E-state index contributed by atoms with van der Waals surface area (Å²) in [6.07, 6.45) is 2.42. The SMILES string of the molecule is CC(C)CN1CCC(CN)(N(C)CC(C)(C)C)CC1. The van der Waals surface area contributed by atoms with Gasteiger partial charge in [0, 0.05) is 25.2 Å². The van der Waals surface area contributed by atoms with Crippen molar-refractivity contribution in [3.05, 3.63) is 0 Å². The summed E-state index contributed by atoms with van der Waals surface area (Å²) < 4.78 is 0. The zero-order valence-electron chi connectivity index (χ0n) is 14.0. The summed E-state index contributed by atoms with van der Waals surface area (Å²) in [7, 11) is 2.26. The van der Waals surface area contributed by atoms with E-state index in [2.05, 4.69) is 51.5 Å². The summed E-state index contributed by atoms with van der Waals surface area (Å²) in [6, 6.07) is 0. The zero-order chi connectivity index (χ0) is 14.7. The molecular weight excluding hydrogens is 234 g/mol.